The molecule has 4 N–H and O–H groups in total. The van der Waals surface area contributed by atoms with Crippen molar-refractivity contribution in [2.75, 3.05) is 13.1 Å². The van der Waals surface area contributed by atoms with Gasteiger partial charge in [0.1, 0.15) is 12.1 Å². The van der Waals surface area contributed by atoms with Crippen LogP contribution < -0.4 is 16.0 Å². The van der Waals surface area contributed by atoms with Gasteiger partial charge in [-0.1, -0.05) is 35.9 Å². The number of benzene rings is 1. The Labute approximate surface area is 152 Å². The van der Waals surface area contributed by atoms with E-state index in [-0.39, 0.29) is 24.4 Å². The second kappa shape index (κ2) is 9.34. The first-order valence-corrected chi connectivity index (χ1v) is 9.39. The predicted octanol–water partition coefficient (Wildman–Crippen LogP) is 1.35. The summed E-state index contributed by atoms with van der Waals surface area (Å²) in [7, 11) is 0. The lowest BCUT2D eigenvalue weighted by Gasteiger charge is -2.16. The van der Waals surface area contributed by atoms with Crippen LogP contribution in [0.3, 0.4) is 0 Å². The summed E-state index contributed by atoms with van der Waals surface area (Å²) in [4.78, 5) is 25.1. The maximum atomic E-state index is 12.2. The lowest BCUT2D eigenvalue weighted by atomic mass is 10.0. The van der Waals surface area contributed by atoms with E-state index in [1.54, 1.807) is 18.3 Å². The molecule has 0 aliphatic heterocycles. The number of aryl methyl sites for hydroxylation is 1. The number of carbonyl (C=O) groups excluding carboxylic acids is 2. The Morgan fingerprint density at radius 1 is 1.20 bits per heavy atom. The summed E-state index contributed by atoms with van der Waals surface area (Å²) in [5.41, 5.74) is 2.37. The first-order chi connectivity index (χ1) is 12.0. The van der Waals surface area contributed by atoms with Crippen molar-refractivity contribution in [1.82, 2.24) is 10.6 Å². The van der Waals surface area contributed by atoms with Crippen molar-refractivity contribution in [2.45, 2.75) is 32.9 Å². The quantitative estimate of drug-likeness (QED) is 0.665. The molecule has 2 atom stereocenters. The molecule has 6 heteroatoms. The van der Waals surface area contributed by atoms with Crippen molar-refractivity contribution in [3.63, 3.8) is 0 Å². The Bertz CT molecular complexity index is 683. The van der Waals surface area contributed by atoms with E-state index in [0.717, 1.165) is 5.56 Å². The molecular weight excluding hydrogens is 334 g/mol. The summed E-state index contributed by atoms with van der Waals surface area (Å²) in [6, 6.07) is 12.0. The zero-order chi connectivity index (χ0) is 18.2. The molecule has 2 amide bonds. The summed E-state index contributed by atoms with van der Waals surface area (Å²) < 4.78 is 0. The fraction of sp³-hybridized carbons (Fsp3) is 0.368. The van der Waals surface area contributed by atoms with Crippen LogP contribution in [-0.2, 0) is 9.59 Å². The Balaban J connectivity index is 1.99. The van der Waals surface area contributed by atoms with E-state index in [2.05, 4.69) is 47.9 Å². The first kappa shape index (κ1) is 19.1. The van der Waals surface area contributed by atoms with Gasteiger partial charge in [0.25, 0.3) is 5.91 Å². The largest absolute Gasteiger partial charge is 0.355 e. The molecule has 2 aromatic rings. The smallest absolute Gasteiger partial charge is 0.275 e. The van der Waals surface area contributed by atoms with E-state index in [1.807, 2.05) is 23.7 Å². The average Bonchev–Trinajstić information content (AvgIpc) is 3.11. The topological polar surface area (TPSA) is 74.8 Å². The standard InChI is InChI=1S/C19H25N3O2S/c1-4-20-19(24)14(3)22-17(23)12-21-18(16-6-5-11-25-16)15-9-7-13(2)8-10-15/h5-11,14,18,21H,4,12H2,1-3H3,(H,20,24)(H,22,23)/p+1/t14-,18+/m1/s1. The molecule has 0 unspecified atom stereocenters. The van der Waals surface area contributed by atoms with Crippen LogP contribution in [0.1, 0.15) is 35.9 Å². The van der Waals surface area contributed by atoms with Gasteiger partial charge < -0.3 is 16.0 Å². The molecule has 5 nitrogen and oxygen atoms in total. The van der Waals surface area contributed by atoms with Crippen LogP contribution >= 0.6 is 11.3 Å². The Hall–Kier alpha value is -2.18. The first-order valence-electron chi connectivity index (χ1n) is 8.51. The molecule has 0 bridgehead atoms. The monoisotopic (exact) mass is 360 g/mol. The van der Waals surface area contributed by atoms with E-state index in [1.165, 1.54) is 10.4 Å². The number of hydrogen-bond acceptors (Lipinski definition) is 3. The molecule has 1 heterocycles. The van der Waals surface area contributed by atoms with Gasteiger partial charge in [-0.2, -0.15) is 0 Å². The van der Waals surface area contributed by atoms with Crippen LogP contribution in [0.4, 0.5) is 0 Å². The van der Waals surface area contributed by atoms with Crippen LogP contribution in [0.5, 0.6) is 0 Å². The SMILES string of the molecule is CCNC(=O)[C@@H](C)NC(=O)C[NH2+][C@@H](c1ccc(C)cc1)c1cccs1. The molecule has 25 heavy (non-hydrogen) atoms. The third kappa shape index (κ3) is 5.69. The second-order valence-corrected chi connectivity index (χ2v) is 7.01. The molecule has 0 aliphatic rings. The van der Waals surface area contributed by atoms with Gasteiger partial charge in [0.05, 0.1) is 4.88 Å². The number of likely N-dealkylation sites (N-methyl/N-ethyl adjacent to an activating group) is 1. The molecule has 0 fully saturated rings. The van der Waals surface area contributed by atoms with E-state index in [9.17, 15) is 9.59 Å². The molecule has 0 spiro atoms. The van der Waals surface area contributed by atoms with Crippen LogP contribution in [-0.4, -0.2) is 30.9 Å². The van der Waals surface area contributed by atoms with Gasteiger partial charge in [-0.05, 0) is 32.2 Å². The van der Waals surface area contributed by atoms with Crippen molar-refractivity contribution in [2.24, 2.45) is 0 Å². The molecule has 134 valence electrons. The van der Waals surface area contributed by atoms with Gasteiger partial charge in [0.2, 0.25) is 5.91 Å². The van der Waals surface area contributed by atoms with E-state index >= 15 is 0 Å². The van der Waals surface area contributed by atoms with Gasteiger partial charge in [-0.15, -0.1) is 11.3 Å². The highest BCUT2D eigenvalue weighted by Crippen LogP contribution is 2.22. The van der Waals surface area contributed by atoms with Gasteiger partial charge in [0.15, 0.2) is 6.54 Å². The van der Waals surface area contributed by atoms with Crippen LogP contribution in [0.2, 0.25) is 0 Å². The number of carbonyl (C=O) groups is 2. The predicted molar refractivity (Wildman–Crippen MR) is 100 cm³/mol. The summed E-state index contributed by atoms with van der Waals surface area (Å²) >= 11 is 1.68. The van der Waals surface area contributed by atoms with Crippen LogP contribution in [0.15, 0.2) is 41.8 Å². The summed E-state index contributed by atoms with van der Waals surface area (Å²) in [6.07, 6.45) is 0. The Kier molecular flexibility index (Phi) is 7.16. The molecule has 0 saturated carbocycles. The normalized spacial score (nSPS) is 13.1. The van der Waals surface area contributed by atoms with Crippen molar-refractivity contribution in [3.8, 4) is 0 Å². The third-order valence-electron chi connectivity index (χ3n) is 3.95. The number of hydrogen-bond donors (Lipinski definition) is 3. The maximum absolute atomic E-state index is 12.2. The van der Waals surface area contributed by atoms with Gasteiger partial charge in [-0.3, -0.25) is 9.59 Å². The minimum atomic E-state index is -0.527. The highest BCUT2D eigenvalue weighted by Gasteiger charge is 2.21. The number of thiophene rings is 1. The molecular formula is C19H26N3O2S+. The summed E-state index contributed by atoms with van der Waals surface area (Å²) in [6.45, 7) is 6.43. The minimum absolute atomic E-state index is 0.0751. The number of rotatable bonds is 8. The number of amides is 2. The van der Waals surface area contributed by atoms with Crippen molar-refractivity contribution < 1.29 is 14.9 Å². The Morgan fingerprint density at radius 2 is 1.92 bits per heavy atom. The molecule has 1 aromatic carbocycles. The summed E-state index contributed by atoms with van der Waals surface area (Å²) in [5.74, 6) is -0.309. The van der Waals surface area contributed by atoms with Gasteiger partial charge in [0, 0.05) is 12.1 Å². The van der Waals surface area contributed by atoms with E-state index in [0.29, 0.717) is 6.54 Å². The molecule has 0 saturated heterocycles. The minimum Gasteiger partial charge on any atom is -0.355 e. The van der Waals surface area contributed by atoms with Crippen molar-refractivity contribution in [3.05, 3.63) is 57.8 Å². The zero-order valence-corrected chi connectivity index (χ0v) is 15.7. The van der Waals surface area contributed by atoms with Gasteiger partial charge >= 0.3 is 0 Å². The van der Waals surface area contributed by atoms with E-state index < -0.39 is 6.04 Å². The zero-order valence-electron chi connectivity index (χ0n) is 14.9. The fourth-order valence-corrected chi connectivity index (χ4v) is 3.43. The third-order valence-corrected chi connectivity index (χ3v) is 4.90. The van der Waals surface area contributed by atoms with Crippen molar-refractivity contribution in [1.29, 1.82) is 0 Å². The second-order valence-electron chi connectivity index (χ2n) is 6.03. The summed E-state index contributed by atoms with van der Waals surface area (Å²) in [5, 5.41) is 9.51. The number of nitrogens with two attached hydrogens (primary N) is 1. The molecule has 2 rings (SSSR count). The molecule has 0 radical (unpaired) electrons. The van der Waals surface area contributed by atoms with Crippen molar-refractivity contribution >= 4 is 23.2 Å². The fourth-order valence-electron chi connectivity index (χ4n) is 2.58. The number of nitrogens with one attached hydrogen (secondary N) is 2. The Morgan fingerprint density at radius 3 is 2.52 bits per heavy atom. The molecule has 0 aliphatic carbocycles. The molecule has 1 aromatic heterocycles. The maximum Gasteiger partial charge on any atom is 0.275 e. The highest BCUT2D eigenvalue weighted by atomic mass is 32.1. The lowest BCUT2D eigenvalue weighted by molar-refractivity contribution is -0.676. The van der Waals surface area contributed by atoms with Crippen LogP contribution in [0.25, 0.3) is 0 Å². The highest BCUT2D eigenvalue weighted by molar-refractivity contribution is 7.10. The van der Waals surface area contributed by atoms with Gasteiger partial charge in [-0.25, -0.2) is 0 Å². The van der Waals surface area contributed by atoms with E-state index in [4.69, 9.17) is 0 Å². The number of quaternary nitrogens is 1. The van der Waals surface area contributed by atoms with Crippen LogP contribution in [0, 0.1) is 6.92 Å². The lowest BCUT2D eigenvalue weighted by Crippen LogP contribution is -2.87. The average molecular weight is 361 g/mol.